The van der Waals surface area contributed by atoms with E-state index in [9.17, 15) is 9.59 Å². The van der Waals surface area contributed by atoms with Crippen LogP contribution < -0.4 is 10.6 Å². The third-order valence-electron chi connectivity index (χ3n) is 5.19. The van der Waals surface area contributed by atoms with E-state index in [1.165, 1.54) is 16.8 Å². The second-order valence-corrected chi connectivity index (χ2v) is 8.55. The van der Waals surface area contributed by atoms with Crippen LogP contribution in [0.1, 0.15) is 20.8 Å². The minimum absolute atomic E-state index is 0.0951. The average molecular weight is 540 g/mol. The lowest BCUT2D eigenvalue weighted by Gasteiger charge is -2.12. The Hall–Kier alpha value is -3.76. The standard InChI is InChI=1S/C26H23Cl2N5O4/c27-20-15-21(28)19(14-18(20)22-8-4-5-9-29-22)25(35)31-24-16-23(26(36)30-10-12-37-13-11-34)32-33(24)17-6-2-1-3-7-17/h1-9,14-16,34H,10-13H2,(H,30,36)(H,31,35). The van der Waals surface area contributed by atoms with Gasteiger partial charge in [-0.3, -0.25) is 14.6 Å². The molecule has 190 valence electrons. The fourth-order valence-corrected chi connectivity index (χ4v) is 4.03. The summed E-state index contributed by atoms with van der Waals surface area (Å²) < 4.78 is 6.61. The van der Waals surface area contributed by atoms with Gasteiger partial charge in [0.05, 0.1) is 46.8 Å². The van der Waals surface area contributed by atoms with E-state index in [1.54, 1.807) is 36.5 Å². The molecule has 37 heavy (non-hydrogen) atoms. The predicted molar refractivity (Wildman–Crippen MR) is 141 cm³/mol. The Morgan fingerprint density at radius 2 is 1.73 bits per heavy atom. The summed E-state index contributed by atoms with van der Waals surface area (Å²) in [5.74, 6) is -0.691. The predicted octanol–water partition coefficient (Wildman–Crippen LogP) is 4.23. The van der Waals surface area contributed by atoms with Gasteiger partial charge >= 0.3 is 0 Å². The van der Waals surface area contributed by atoms with Gasteiger partial charge in [0, 0.05) is 24.4 Å². The van der Waals surface area contributed by atoms with E-state index in [1.807, 2.05) is 24.3 Å². The van der Waals surface area contributed by atoms with Crippen LogP contribution in [0.25, 0.3) is 16.9 Å². The fraction of sp³-hybridized carbons (Fsp3) is 0.154. The van der Waals surface area contributed by atoms with Gasteiger partial charge in [0.15, 0.2) is 5.69 Å². The number of ether oxygens (including phenoxy) is 1. The molecular formula is C26H23Cl2N5O4. The highest BCUT2D eigenvalue weighted by Gasteiger charge is 2.20. The Kier molecular flexibility index (Phi) is 8.86. The van der Waals surface area contributed by atoms with Crippen LogP contribution in [-0.2, 0) is 4.74 Å². The molecule has 0 unspecified atom stereocenters. The molecule has 11 heteroatoms. The van der Waals surface area contributed by atoms with Gasteiger partial charge in [0.25, 0.3) is 11.8 Å². The molecule has 0 aliphatic carbocycles. The quantitative estimate of drug-likeness (QED) is 0.259. The van der Waals surface area contributed by atoms with Gasteiger partial charge in [0.1, 0.15) is 5.82 Å². The largest absolute Gasteiger partial charge is 0.394 e. The molecule has 0 aliphatic heterocycles. The lowest BCUT2D eigenvalue weighted by Crippen LogP contribution is -2.28. The van der Waals surface area contributed by atoms with E-state index in [0.717, 1.165) is 0 Å². The Morgan fingerprint density at radius 3 is 2.46 bits per heavy atom. The number of amides is 2. The molecule has 9 nitrogen and oxygen atoms in total. The first kappa shape index (κ1) is 26.3. The number of anilines is 1. The van der Waals surface area contributed by atoms with Gasteiger partial charge in [-0.2, -0.15) is 5.10 Å². The molecule has 0 aliphatic rings. The van der Waals surface area contributed by atoms with Gasteiger partial charge in [0.2, 0.25) is 0 Å². The van der Waals surface area contributed by atoms with Crippen LogP contribution in [0.15, 0.2) is 72.9 Å². The summed E-state index contributed by atoms with van der Waals surface area (Å²) >= 11 is 12.8. The maximum atomic E-state index is 13.3. The van der Waals surface area contributed by atoms with Crippen molar-refractivity contribution in [3.8, 4) is 16.9 Å². The number of nitrogens with zero attached hydrogens (tertiary/aromatic N) is 3. The number of hydrogen-bond donors (Lipinski definition) is 3. The zero-order valence-corrected chi connectivity index (χ0v) is 21.0. The number of halogens is 2. The molecular weight excluding hydrogens is 517 g/mol. The molecule has 2 amide bonds. The maximum absolute atomic E-state index is 13.3. The SMILES string of the molecule is O=C(NCCOCCO)c1cc(NC(=O)c2cc(-c3ccccn3)c(Cl)cc2Cl)n(-c2ccccc2)n1. The average Bonchev–Trinajstić information content (AvgIpc) is 3.33. The number of pyridine rings is 1. The van der Waals surface area contributed by atoms with Crippen molar-refractivity contribution in [1.29, 1.82) is 0 Å². The summed E-state index contributed by atoms with van der Waals surface area (Å²) in [5.41, 5.74) is 2.06. The van der Waals surface area contributed by atoms with E-state index in [-0.39, 0.29) is 48.5 Å². The van der Waals surface area contributed by atoms with Crippen LogP contribution in [0.3, 0.4) is 0 Å². The molecule has 0 bridgehead atoms. The molecule has 0 radical (unpaired) electrons. The maximum Gasteiger partial charge on any atom is 0.271 e. The van der Waals surface area contributed by atoms with Crippen molar-refractivity contribution in [1.82, 2.24) is 20.1 Å². The first-order valence-electron chi connectivity index (χ1n) is 11.3. The highest BCUT2D eigenvalue weighted by molar-refractivity contribution is 6.38. The number of aliphatic hydroxyl groups excluding tert-OH is 1. The van der Waals surface area contributed by atoms with E-state index < -0.39 is 11.8 Å². The molecule has 0 saturated carbocycles. The molecule has 0 atom stereocenters. The summed E-state index contributed by atoms with van der Waals surface area (Å²) in [6.07, 6.45) is 1.63. The van der Waals surface area contributed by atoms with Crippen LogP contribution in [0.4, 0.5) is 5.82 Å². The topological polar surface area (TPSA) is 118 Å². The van der Waals surface area contributed by atoms with Crippen LogP contribution in [0.2, 0.25) is 10.0 Å². The third kappa shape index (κ3) is 6.52. The fourth-order valence-electron chi connectivity index (χ4n) is 3.47. The number of hydrogen-bond acceptors (Lipinski definition) is 6. The van der Waals surface area contributed by atoms with Crippen molar-refractivity contribution in [3.05, 3.63) is 94.2 Å². The number of aromatic nitrogens is 3. The van der Waals surface area contributed by atoms with Gasteiger partial charge in [-0.05, 0) is 36.4 Å². The van der Waals surface area contributed by atoms with Crippen LogP contribution in [-0.4, -0.2) is 58.1 Å². The number of benzene rings is 2. The summed E-state index contributed by atoms with van der Waals surface area (Å²) in [6, 6.07) is 19.0. The van der Waals surface area contributed by atoms with E-state index in [0.29, 0.717) is 22.0 Å². The smallest absolute Gasteiger partial charge is 0.271 e. The zero-order chi connectivity index (χ0) is 26.2. The lowest BCUT2D eigenvalue weighted by molar-refractivity contribution is 0.0834. The van der Waals surface area contributed by atoms with Crippen molar-refractivity contribution >= 4 is 40.8 Å². The zero-order valence-electron chi connectivity index (χ0n) is 19.5. The van der Waals surface area contributed by atoms with Crippen molar-refractivity contribution in [2.45, 2.75) is 0 Å². The van der Waals surface area contributed by atoms with E-state index in [2.05, 4.69) is 20.7 Å². The molecule has 0 fully saturated rings. The highest BCUT2D eigenvalue weighted by Crippen LogP contribution is 2.32. The van der Waals surface area contributed by atoms with Crippen LogP contribution in [0.5, 0.6) is 0 Å². The molecule has 0 saturated heterocycles. The number of rotatable bonds is 10. The van der Waals surface area contributed by atoms with Crippen molar-refractivity contribution in [2.75, 3.05) is 31.7 Å². The van der Waals surface area contributed by atoms with Gasteiger partial charge in [-0.1, -0.05) is 47.5 Å². The second kappa shape index (κ2) is 12.5. The normalized spacial score (nSPS) is 10.8. The summed E-state index contributed by atoms with van der Waals surface area (Å²) in [7, 11) is 0. The molecule has 3 N–H and O–H groups in total. The highest BCUT2D eigenvalue weighted by atomic mass is 35.5. The van der Waals surface area contributed by atoms with Gasteiger partial charge in [-0.15, -0.1) is 0 Å². The summed E-state index contributed by atoms with van der Waals surface area (Å²) in [6.45, 7) is 0.557. The molecule has 4 rings (SSSR count). The lowest BCUT2D eigenvalue weighted by atomic mass is 10.1. The number of aliphatic hydroxyl groups is 1. The number of carbonyl (C=O) groups excluding carboxylic acids is 2. The molecule has 2 aromatic heterocycles. The first-order valence-corrected chi connectivity index (χ1v) is 12.1. The minimum atomic E-state index is -0.514. The van der Waals surface area contributed by atoms with Gasteiger partial charge in [-0.25, -0.2) is 4.68 Å². The van der Waals surface area contributed by atoms with E-state index in [4.69, 9.17) is 33.0 Å². The number of para-hydroxylation sites is 1. The Balaban J connectivity index is 1.61. The van der Waals surface area contributed by atoms with Crippen molar-refractivity contribution in [3.63, 3.8) is 0 Å². The molecule has 4 aromatic rings. The molecule has 2 heterocycles. The minimum Gasteiger partial charge on any atom is -0.394 e. The van der Waals surface area contributed by atoms with E-state index >= 15 is 0 Å². The van der Waals surface area contributed by atoms with Crippen LogP contribution in [0, 0.1) is 0 Å². The second-order valence-electron chi connectivity index (χ2n) is 7.74. The van der Waals surface area contributed by atoms with Crippen LogP contribution >= 0.6 is 23.2 Å². The molecule has 2 aromatic carbocycles. The monoisotopic (exact) mass is 539 g/mol. The van der Waals surface area contributed by atoms with Crippen molar-refractivity contribution < 1.29 is 19.4 Å². The Morgan fingerprint density at radius 1 is 0.946 bits per heavy atom. The Labute approximate surface area is 223 Å². The van der Waals surface area contributed by atoms with Gasteiger partial charge < -0.3 is 20.5 Å². The Bertz CT molecular complexity index is 1380. The van der Waals surface area contributed by atoms with Crippen molar-refractivity contribution in [2.24, 2.45) is 0 Å². The third-order valence-corrected chi connectivity index (χ3v) is 5.82. The number of carbonyl (C=O) groups is 2. The summed E-state index contributed by atoms with van der Waals surface area (Å²) in [5, 5.41) is 19.2. The number of nitrogens with one attached hydrogen (secondary N) is 2. The molecule has 0 spiro atoms. The summed E-state index contributed by atoms with van der Waals surface area (Å²) in [4.78, 5) is 30.3. The first-order chi connectivity index (χ1) is 18.0.